The van der Waals surface area contributed by atoms with Crippen LogP contribution in [-0.4, -0.2) is 25.5 Å². The molecule has 0 aromatic heterocycles. The van der Waals surface area contributed by atoms with Gasteiger partial charge >= 0.3 is 0 Å². The Morgan fingerprint density at radius 3 is 2.72 bits per heavy atom. The lowest BCUT2D eigenvalue weighted by molar-refractivity contribution is 0.101. The van der Waals surface area contributed by atoms with Crippen LogP contribution in [0.1, 0.15) is 35.7 Å². The molecule has 0 unspecified atom stereocenters. The first-order valence-corrected chi connectivity index (χ1v) is 6.30. The summed E-state index contributed by atoms with van der Waals surface area (Å²) in [5, 5.41) is 3.05. The SMILES string of the molecule is CCOc1c(C(C)=O)cc(Cl)c(F)c1C1CNC1. The molecule has 0 spiro atoms. The first-order chi connectivity index (χ1) is 8.56. The van der Waals surface area contributed by atoms with Crippen molar-refractivity contribution in [1.29, 1.82) is 0 Å². The van der Waals surface area contributed by atoms with Crippen molar-refractivity contribution in [3.8, 4) is 5.75 Å². The highest BCUT2D eigenvalue weighted by Crippen LogP contribution is 2.38. The second-order valence-corrected chi connectivity index (χ2v) is 4.71. The molecule has 1 aliphatic rings. The lowest BCUT2D eigenvalue weighted by Crippen LogP contribution is -2.40. The van der Waals surface area contributed by atoms with Crippen molar-refractivity contribution < 1.29 is 13.9 Å². The Balaban J connectivity index is 2.61. The van der Waals surface area contributed by atoms with Crippen molar-refractivity contribution in [1.82, 2.24) is 5.32 Å². The summed E-state index contributed by atoms with van der Waals surface area (Å²) in [7, 11) is 0. The molecule has 0 amide bonds. The molecule has 1 heterocycles. The van der Waals surface area contributed by atoms with Gasteiger partial charge in [0, 0.05) is 24.6 Å². The molecule has 0 atom stereocenters. The van der Waals surface area contributed by atoms with Crippen LogP contribution in [0.15, 0.2) is 6.07 Å². The van der Waals surface area contributed by atoms with Crippen LogP contribution in [0.4, 0.5) is 4.39 Å². The molecule has 0 saturated carbocycles. The fraction of sp³-hybridized carbons (Fsp3) is 0.462. The molecular weight excluding hydrogens is 257 g/mol. The lowest BCUT2D eigenvalue weighted by Gasteiger charge is -2.30. The number of ketones is 1. The predicted octanol–water partition coefficient (Wildman–Crippen LogP) is 2.77. The van der Waals surface area contributed by atoms with Gasteiger partial charge in [-0.2, -0.15) is 0 Å². The molecule has 2 rings (SSSR count). The van der Waals surface area contributed by atoms with Crippen molar-refractivity contribution in [3.05, 3.63) is 28.0 Å². The summed E-state index contributed by atoms with van der Waals surface area (Å²) in [4.78, 5) is 11.6. The summed E-state index contributed by atoms with van der Waals surface area (Å²) in [5.41, 5.74) is 0.776. The largest absolute Gasteiger partial charge is 0.493 e. The maximum Gasteiger partial charge on any atom is 0.163 e. The van der Waals surface area contributed by atoms with Gasteiger partial charge in [-0.1, -0.05) is 11.6 Å². The molecule has 0 bridgehead atoms. The van der Waals surface area contributed by atoms with Gasteiger partial charge in [0.25, 0.3) is 0 Å². The molecule has 0 aliphatic carbocycles. The van der Waals surface area contributed by atoms with E-state index in [0.717, 1.165) is 0 Å². The topological polar surface area (TPSA) is 38.3 Å². The van der Waals surface area contributed by atoms with E-state index < -0.39 is 5.82 Å². The van der Waals surface area contributed by atoms with E-state index in [0.29, 0.717) is 36.6 Å². The van der Waals surface area contributed by atoms with Crippen LogP contribution in [0.2, 0.25) is 5.02 Å². The highest BCUT2D eigenvalue weighted by molar-refractivity contribution is 6.31. The number of halogens is 2. The highest BCUT2D eigenvalue weighted by Gasteiger charge is 2.30. The smallest absolute Gasteiger partial charge is 0.163 e. The van der Waals surface area contributed by atoms with Gasteiger partial charge in [-0.05, 0) is 19.9 Å². The second-order valence-electron chi connectivity index (χ2n) is 4.31. The number of nitrogens with one attached hydrogen (secondary N) is 1. The number of hydrogen-bond donors (Lipinski definition) is 1. The number of Topliss-reactive ketones (excluding diaryl/α,β-unsaturated/α-hetero) is 1. The zero-order chi connectivity index (χ0) is 13.3. The average molecular weight is 272 g/mol. The number of rotatable bonds is 4. The third-order valence-electron chi connectivity index (χ3n) is 3.06. The summed E-state index contributed by atoms with van der Waals surface area (Å²) in [6.45, 7) is 4.96. The van der Waals surface area contributed by atoms with Crippen molar-refractivity contribution in [2.24, 2.45) is 0 Å². The predicted molar refractivity (Wildman–Crippen MR) is 68.2 cm³/mol. The van der Waals surface area contributed by atoms with E-state index in [4.69, 9.17) is 16.3 Å². The minimum Gasteiger partial charge on any atom is -0.493 e. The van der Waals surface area contributed by atoms with Crippen LogP contribution >= 0.6 is 11.6 Å². The van der Waals surface area contributed by atoms with Gasteiger partial charge in [-0.3, -0.25) is 4.79 Å². The normalized spacial score (nSPS) is 15.3. The third kappa shape index (κ3) is 2.22. The lowest BCUT2D eigenvalue weighted by atomic mass is 9.90. The number of carbonyl (C=O) groups is 1. The zero-order valence-corrected chi connectivity index (χ0v) is 11.1. The van der Waals surface area contributed by atoms with Crippen molar-refractivity contribution in [3.63, 3.8) is 0 Å². The van der Waals surface area contributed by atoms with Crippen molar-refractivity contribution in [2.45, 2.75) is 19.8 Å². The Bertz CT molecular complexity index is 486. The van der Waals surface area contributed by atoms with Gasteiger partial charge in [0.2, 0.25) is 0 Å². The first-order valence-electron chi connectivity index (χ1n) is 5.92. The van der Waals surface area contributed by atoms with Crippen LogP contribution < -0.4 is 10.1 Å². The van der Waals surface area contributed by atoms with Crippen LogP contribution in [0.5, 0.6) is 5.75 Å². The Hall–Kier alpha value is -1.13. The Morgan fingerprint density at radius 2 is 2.28 bits per heavy atom. The molecule has 1 N–H and O–H groups in total. The van der Waals surface area contributed by atoms with Crippen LogP contribution in [0.25, 0.3) is 0 Å². The van der Waals surface area contributed by atoms with Gasteiger partial charge in [0.05, 0.1) is 17.2 Å². The molecule has 18 heavy (non-hydrogen) atoms. The molecule has 1 saturated heterocycles. The van der Waals surface area contributed by atoms with E-state index in [1.807, 2.05) is 0 Å². The van der Waals surface area contributed by atoms with Crippen molar-refractivity contribution in [2.75, 3.05) is 19.7 Å². The number of hydrogen-bond acceptors (Lipinski definition) is 3. The van der Waals surface area contributed by atoms with E-state index in [-0.39, 0.29) is 16.7 Å². The average Bonchev–Trinajstić information content (AvgIpc) is 2.25. The standard InChI is InChI=1S/C13H15ClFNO2/c1-3-18-13-9(7(2)17)4-10(14)12(15)11(13)8-5-16-6-8/h4,8,16H,3,5-6H2,1-2H3. The molecule has 0 radical (unpaired) electrons. The number of carbonyl (C=O) groups excluding carboxylic acids is 1. The summed E-state index contributed by atoms with van der Waals surface area (Å²) >= 11 is 5.86. The van der Waals surface area contributed by atoms with Crippen LogP contribution in [0.3, 0.4) is 0 Å². The third-order valence-corrected chi connectivity index (χ3v) is 3.34. The second kappa shape index (κ2) is 5.24. The molecule has 1 aromatic rings. The van der Waals surface area contributed by atoms with E-state index in [1.54, 1.807) is 6.92 Å². The maximum atomic E-state index is 14.1. The van der Waals surface area contributed by atoms with E-state index in [2.05, 4.69) is 5.32 Å². The van der Waals surface area contributed by atoms with Gasteiger partial charge in [-0.25, -0.2) is 4.39 Å². The fourth-order valence-electron chi connectivity index (χ4n) is 2.05. The van der Waals surface area contributed by atoms with Gasteiger partial charge in [0.15, 0.2) is 5.78 Å². The van der Waals surface area contributed by atoms with Gasteiger partial charge in [0.1, 0.15) is 11.6 Å². The van der Waals surface area contributed by atoms with Crippen molar-refractivity contribution >= 4 is 17.4 Å². The molecule has 5 heteroatoms. The summed E-state index contributed by atoms with van der Waals surface area (Å²) in [5.74, 6) is -0.285. The van der Waals surface area contributed by atoms with E-state index in [9.17, 15) is 9.18 Å². The fourth-order valence-corrected chi connectivity index (χ4v) is 2.26. The quantitative estimate of drug-likeness (QED) is 0.856. The van der Waals surface area contributed by atoms with Gasteiger partial charge < -0.3 is 10.1 Å². The first kappa shape index (κ1) is 13.3. The number of benzene rings is 1. The monoisotopic (exact) mass is 271 g/mol. The molecular formula is C13H15ClFNO2. The van der Waals surface area contributed by atoms with Gasteiger partial charge in [-0.15, -0.1) is 0 Å². The summed E-state index contributed by atoms with van der Waals surface area (Å²) in [6.07, 6.45) is 0. The highest BCUT2D eigenvalue weighted by atomic mass is 35.5. The van der Waals surface area contributed by atoms with E-state index in [1.165, 1.54) is 13.0 Å². The Morgan fingerprint density at radius 1 is 1.61 bits per heavy atom. The van der Waals surface area contributed by atoms with E-state index >= 15 is 0 Å². The number of ether oxygens (including phenoxy) is 1. The molecule has 1 fully saturated rings. The Kier molecular flexibility index (Phi) is 3.88. The maximum absolute atomic E-state index is 14.1. The molecule has 98 valence electrons. The summed E-state index contributed by atoms with van der Waals surface area (Å²) in [6, 6.07) is 1.35. The minimum atomic E-state index is -0.475. The minimum absolute atomic E-state index is 0.0170. The molecule has 1 aliphatic heterocycles. The zero-order valence-electron chi connectivity index (χ0n) is 10.3. The molecule has 3 nitrogen and oxygen atoms in total. The molecule has 1 aromatic carbocycles. The van der Waals surface area contributed by atoms with Crippen LogP contribution in [-0.2, 0) is 0 Å². The Labute approximate surface area is 110 Å². The summed E-state index contributed by atoms with van der Waals surface area (Å²) < 4.78 is 19.6. The van der Waals surface area contributed by atoms with Crippen LogP contribution in [0, 0.1) is 5.82 Å².